The van der Waals surface area contributed by atoms with Crippen molar-refractivity contribution < 1.29 is 19.8 Å². The molecule has 3 saturated carbocycles. The van der Waals surface area contributed by atoms with Gasteiger partial charge in [-0.2, -0.15) is 0 Å². The highest BCUT2D eigenvalue weighted by Gasteiger charge is 2.62. The zero-order valence-corrected chi connectivity index (χ0v) is 18.0. The number of rotatable bonds is 3. The van der Waals surface area contributed by atoms with Crippen LogP contribution in [0, 0.1) is 34.5 Å². The van der Waals surface area contributed by atoms with Gasteiger partial charge in [0.05, 0.1) is 17.4 Å². The van der Waals surface area contributed by atoms with Gasteiger partial charge in [-0.25, -0.2) is 0 Å². The quantitative estimate of drug-likeness (QED) is 0.670. The average Bonchev–Trinajstić information content (AvgIpc) is 2.94. The van der Waals surface area contributed by atoms with Crippen LogP contribution in [0.25, 0.3) is 0 Å². The Labute approximate surface area is 172 Å². The monoisotopic (exact) mass is 408 g/mol. The molecule has 4 aliphatic rings. The van der Waals surface area contributed by atoms with E-state index in [9.17, 15) is 19.8 Å². The van der Waals surface area contributed by atoms with E-state index < -0.39 is 11.6 Å². The van der Waals surface area contributed by atoms with Crippen LogP contribution in [0.5, 0.6) is 0 Å². The molecule has 0 spiro atoms. The molecule has 4 aliphatic carbocycles. The molecule has 0 saturated heterocycles. The fraction of sp³-hybridized carbons (Fsp3) is 0.826. The van der Waals surface area contributed by atoms with Crippen molar-refractivity contribution >= 4 is 23.4 Å². The zero-order valence-electron chi connectivity index (χ0n) is 17.2. The molecule has 0 bridgehead atoms. The molecule has 5 heteroatoms. The largest absolute Gasteiger partial charge is 0.481 e. The van der Waals surface area contributed by atoms with E-state index in [0.717, 1.165) is 44.1 Å². The molecule has 0 radical (unpaired) electrons. The third kappa shape index (κ3) is 2.89. The predicted octanol–water partition coefficient (Wildman–Crippen LogP) is 4.58. The average molecular weight is 409 g/mol. The molecular weight excluding hydrogens is 376 g/mol. The van der Waals surface area contributed by atoms with Crippen LogP contribution in [0.4, 0.5) is 0 Å². The summed E-state index contributed by atoms with van der Waals surface area (Å²) in [5, 5.41) is 20.2. The molecule has 0 unspecified atom stereocenters. The van der Waals surface area contributed by atoms with Gasteiger partial charge in [0.25, 0.3) is 0 Å². The maximum atomic E-state index is 12.0. The van der Waals surface area contributed by atoms with E-state index >= 15 is 0 Å². The second-order valence-electron chi connectivity index (χ2n) is 10.7. The molecule has 4 nitrogen and oxygen atoms in total. The zero-order chi connectivity index (χ0) is 20.5. The Morgan fingerprint density at radius 3 is 2.64 bits per heavy atom. The third-order valence-electron chi connectivity index (χ3n) is 9.20. The first-order valence-corrected chi connectivity index (χ1v) is 11.3. The number of halogens is 1. The van der Waals surface area contributed by atoms with Crippen molar-refractivity contribution in [1.29, 1.82) is 0 Å². The van der Waals surface area contributed by atoms with E-state index in [1.807, 2.05) is 6.08 Å². The molecule has 0 aromatic carbocycles. The van der Waals surface area contributed by atoms with Crippen molar-refractivity contribution in [2.45, 2.75) is 83.1 Å². The molecule has 0 aromatic rings. The van der Waals surface area contributed by atoms with Crippen molar-refractivity contribution in [3.63, 3.8) is 0 Å². The highest BCUT2D eigenvalue weighted by molar-refractivity contribution is 6.23. The van der Waals surface area contributed by atoms with E-state index in [1.54, 1.807) is 6.92 Å². The van der Waals surface area contributed by atoms with Crippen molar-refractivity contribution in [3.8, 4) is 0 Å². The minimum atomic E-state index is -1.18. The third-order valence-corrected chi connectivity index (χ3v) is 9.61. The van der Waals surface area contributed by atoms with Crippen LogP contribution in [0.3, 0.4) is 0 Å². The molecule has 0 amide bonds. The van der Waals surface area contributed by atoms with Crippen LogP contribution >= 0.6 is 11.6 Å². The summed E-state index contributed by atoms with van der Waals surface area (Å²) in [6.07, 6.45) is 8.06. The summed E-state index contributed by atoms with van der Waals surface area (Å²) in [6.45, 7) is 6.31. The number of aliphatic carboxylic acids is 1. The minimum Gasteiger partial charge on any atom is -0.481 e. The number of alkyl halides is 1. The van der Waals surface area contributed by atoms with Crippen LogP contribution in [-0.4, -0.2) is 32.9 Å². The van der Waals surface area contributed by atoms with Crippen molar-refractivity contribution in [3.05, 3.63) is 11.6 Å². The van der Waals surface area contributed by atoms with Crippen LogP contribution in [0.1, 0.15) is 72.1 Å². The summed E-state index contributed by atoms with van der Waals surface area (Å²) < 4.78 is 0. The normalized spacial score (nSPS) is 47.4. The van der Waals surface area contributed by atoms with Crippen LogP contribution in [0.2, 0.25) is 0 Å². The van der Waals surface area contributed by atoms with Gasteiger partial charge in [-0.3, -0.25) is 9.59 Å². The standard InChI is InChI=1S/C23H33ClO4/c1-21-8-6-13(25)10-17(21)18(24)11-14-15-4-5-19(23(3,28)12-20(26)27)22(15,2)9-7-16(14)21/h10,14-16,18-19,28H,4-9,11-12H2,1-3H3,(H,26,27)/t14-,15-,16-,18+,19-,21+,22-,23-/m0/s1. The lowest BCUT2D eigenvalue weighted by Gasteiger charge is -2.59. The number of fused-ring (bicyclic) bond motifs is 5. The van der Waals surface area contributed by atoms with Crippen molar-refractivity contribution in [2.24, 2.45) is 34.5 Å². The first kappa shape index (κ1) is 20.4. The van der Waals surface area contributed by atoms with E-state index in [2.05, 4.69) is 13.8 Å². The number of ketones is 1. The minimum absolute atomic E-state index is 0.00619. The van der Waals surface area contributed by atoms with E-state index in [1.165, 1.54) is 0 Å². The second-order valence-corrected chi connectivity index (χ2v) is 11.2. The molecule has 28 heavy (non-hydrogen) atoms. The summed E-state index contributed by atoms with van der Waals surface area (Å²) in [7, 11) is 0. The lowest BCUT2D eigenvalue weighted by Crippen LogP contribution is -2.55. The smallest absolute Gasteiger partial charge is 0.306 e. The summed E-state index contributed by atoms with van der Waals surface area (Å²) >= 11 is 6.85. The maximum Gasteiger partial charge on any atom is 0.306 e. The Morgan fingerprint density at radius 1 is 1.25 bits per heavy atom. The van der Waals surface area contributed by atoms with Gasteiger partial charge in [-0.05, 0) is 91.6 Å². The number of hydrogen-bond donors (Lipinski definition) is 2. The van der Waals surface area contributed by atoms with Gasteiger partial charge < -0.3 is 10.2 Å². The van der Waals surface area contributed by atoms with E-state index in [4.69, 9.17) is 11.6 Å². The summed E-state index contributed by atoms with van der Waals surface area (Å²) in [4.78, 5) is 23.4. The number of carbonyl (C=O) groups is 2. The van der Waals surface area contributed by atoms with Gasteiger partial charge in [0.15, 0.2) is 5.78 Å². The summed E-state index contributed by atoms with van der Waals surface area (Å²) in [6, 6.07) is 0. The summed E-state index contributed by atoms with van der Waals surface area (Å²) in [5.41, 5.74) is -0.0586. The SMILES string of the molecule is C[C@]12CC[C@H]3[C@@H](C[C@@H](Cl)C4=CC(=O)CC[C@@]43C)[C@@H]1CC[C@@H]2[C@@](C)(O)CC(=O)O. The molecular formula is C23H33ClO4. The van der Waals surface area contributed by atoms with Gasteiger partial charge in [-0.1, -0.05) is 13.8 Å². The van der Waals surface area contributed by atoms with Crippen molar-refractivity contribution in [1.82, 2.24) is 0 Å². The molecule has 4 rings (SSSR count). The Morgan fingerprint density at radius 2 is 1.96 bits per heavy atom. The molecule has 8 atom stereocenters. The molecule has 0 aliphatic heterocycles. The lowest BCUT2D eigenvalue weighted by molar-refractivity contribution is -0.150. The predicted molar refractivity (Wildman–Crippen MR) is 108 cm³/mol. The number of hydrogen-bond acceptors (Lipinski definition) is 3. The first-order chi connectivity index (χ1) is 13.0. The van der Waals surface area contributed by atoms with Gasteiger partial charge in [0.2, 0.25) is 0 Å². The van der Waals surface area contributed by atoms with Gasteiger partial charge in [0, 0.05) is 6.42 Å². The molecule has 2 N–H and O–H groups in total. The van der Waals surface area contributed by atoms with E-state index in [-0.39, 0.29) is 34.3 Å². The highest BCUT2D eigenvalue weighted by atomic mass is 35.5. The maximum absolute atomic E-state index is 12.0. The van der Waals surface area contributed by atoms with Gasteiger partial charge in [-0.15, -0.1) is 11.6 Å². The topological polar surface area (TPSA) is 74.6 Å². The van der Waals surface area contributed by atoms with E-state index in [0.29, 0.717) is 24.2 Å². The number of carboxylic acids is 1. The second kappa shape index (κ2) is 6.57. The Hall–Kier alpha value is -0.870. The fourth-order valence-electron chi connectivity index (χ4n) is 8.01. The number of allylic oxidation sites excluding steroid dienone is 1. The number of carboxylic acid groups (broad SMARTS) is 1. The molecule has 0 aromatic heterocycles. The number of carbonyl (C=O) groups excluding carboxylic acids is 1. The van der Waals surface area contributed by atoms with Gasteiger partial charge in [0.1, 0.15) is 0 Å². The fourth-order valence-corrected chi connectivity index (χ4v) is 8.53. The first-order valence-electron chi connectivity index (χ1n) is 10.8. The lowest BCUT2D eigenvalue weighted by atomic mass is 9.46. The Bertz CT molecular complexity index is 728. The molecule has 3 fully saturated rings. The van der Waals surface area contributed by atoms with Crippen LogP contribution in [-0.2, 0) is 9.59 Å². The Kier molecular flexibility index (Phi) is 4.79. The van der Waals surface area contributed by atoms with Crippen LogP contribution in [0.15, 0.2) is 11.6 Å². The Balaban J connectivity index is 1.65. The van der Waals surface area contributed by atoms with Crippen molar-refractivity contribution in [2.75, 3.05) is 0 Å². The summed E-state index contributed by atoms with van der Waals surface area (Å²) in [5.74, 6) is 0.772. The highest BCUT2D eigenvalue weighted by Crippen LogP contribution is 2.68. The molecule has 156 valence electrons. The number of aliphatic hydroxyl groups is 1. The molecule has 0 heterocycles. The van der Waals surface area contributed by atoms with Gasteiger partial charge >= 0.3 is 5.97 Å². The van der Waals surface area contributed by atoms with Crippen LogP contribution < -0.4 is 0 Å².